The number of nitrogens with two attached hydrogens (primary N) is 1. The van der Waals surface area contributed by atoms with Crippen molar-refractivity contribution in [2.24, 2.45) is 0 Å². The largest absolute Gasteiger partial charge is 0.486 e. The summed E-state index contributed by atoms with van der Waals surface area (Å²) >= 11 is 6.19. The van der Waals surface area contributed by atoms with Crippen LogP contribution < -0.4 is 10.1 Å². The number of rotatable bonds is 6. The molecule has 0 saturated carbocycles. The summed E-state index contributed by atoms with van der Waals surface area (Å²) in [4.78, 5) is 0. The lowest BCUT2D eigenvalue weighted by Crippen LogP contribution is -2.85. The van der Waals surface area contributed by atoms with Crippen molar-refractivity contribution < 1.29 is 10.1 Å². The Morgan fingerprint density at radius 1 is 1.38 bits per heavy atom. The van der Waals surface area contributed by atoms with Gasteiger partial charge in [-0.25, -0.2) is 0 Å². The van der Waals surface area contributed by atoms with Crippen molar-refractivity contribution >= 4 is 11.6 Å². The van der Waals surface area contributed by atoms with Crippen LogP contribution in [0.25, 0.3) is 0 Å². The van der Waals surface area contributed by atoms with Gasteiger partial charge in [0, 0.05) is 0 Å². The van der Waals surface area contributed by atoms with Crippen LogP contribution in [0, 0.1) is 13.8 Å². The third kappa shape index (κ3) is 3.54. The summed E-state index contributed by atoms with van der Waals surface area (Å²) < 4.78 is 5.70. The van der Waals surface area contributed by atoms with E-state index in [0.29, 0.717) is 6.61 Å². The minimum absolute atomic E-state index is 0.665. The molecule has 0 amide bonds. The Balaban J connectivity index is 2.53. The van der Waals surface area contributed by atoms with Crippen molar-refractivity contribution in [1.29, 1.82) is 0 Å². The number of quaternary nitrogens is 1. The standard InChI is InChI=1S/C13H18ClNO/c1-4-7-15-8-9-16-13-11(3)6-5-10(2)12(13)14/h4-6,15H,1,7-9H2,2-3H3/p+1. The van der Waals surface area contributed by atoms with Gasteiger partial charge in [-0.15, -0.1) is 0 Å². The van der Waals surface area contributed by atoms with E-state index in [-0.39, 0.29) is 0 Å². The van der Waals surface area contributed by atoms with Gasteiger partial charge in [0.2, 0.25) is 0 Å². The first-order chi connectivity index (χ1) is 7.66. The Morgan fingerprint density at radius 3 is 2.75 bits per heavy atom. The molecule has 0 aliphatic heterocycles. The molecule has 0 bridgehead atoms. The summed E-state index contributed by atoms with van der Waals surface area (Å²) in [6.07, 6.45) is 1.88. The highest BCUT2D eigenvalue weighted by Gasteiger charge is 2.07. The summed E-state index contributed by atoms with van der Waals surface area (Å²) in [6, 6.07) is 4.04. The first-order valence-electron chi connectivity index (χ1n) is 5.48. The first-order valence-corrected chi connectivity index (χ1v) is 5.85. The zero-order chi connectivity index (χ0) is 12.0. The molecule has 0 aromatic heterocycles. The van der Waals surface area contributed by atoms with Gasteiger partial charge in [0.05, 0.1) is 11.6 Å². The van der Waals surface area contributed by atoms with E-state index >= 15 is 0 Å². The van der Waals surface area contributed by atoms with E-state index in [9.17, 15) is 0 Å². The number of aryl methyl sites for hydroxylation is 2. The summed E-state index contributed by atoms with van der Waals surface area (Å²) in [5.74, 6) is 0.814. The van der Waals surface area contributed by atoms with Gasteiger partial charge < -0.3 is 10.1 Å². The second-order valence-electron chi connectivity index (χ2n) is 3.79. The SMILES string of the molecule is C=CC[NH2+]CCOc1c(C)ccc(C)c1Cl. The van der Waals surface area contributed by atoms with Crippen molar-refractivity contribution in [2.75, 3.05) is 19.7 Å². The van der Waals surface area contributed by atoms with E-state index in [2.05, 4.69) is 11.9 Å². The monoisotopic (exact) mass is 240 g/mol. The maximum absolute atomic E-state index is 6.19. The third-order valence-electron chi connectivity index (χ3n) is 2.39. The molecular formula is C13H19ClNO+. The lowest BCUT2D eigenvalue weighted by molar-refractivity contribution is -0.646. The number of halogens is 1. The molecule has 1 aromatic rings. The molecule has 0 aliphatic rings. The summed E-state index contributed by atoms with van der Waals surface area (Å²) in [6.45, 7) is 10.2. The molecule has 0 heterocycles. The number of hydrogen-bond donors (Lipinski definition) is 1. The lowest BCUT2D eigenvalue weighted by atomic mass is 10.1. The quantitative estimate of drug-likeness (QED) is 0.598. The van der Waals surface area contributed by atoms with Crippen LogP contribution in [0.5, 0.6) is 5.75 Å². The molecule has 0 atom stereocenters. The highest BCUT2D eigenvalue weighted by molar-refractivity contribution is 6.32. The summed E-state index contributed by atoms with van der Waals surface area (Å²) in [5.41, 5.74) is 2.14. The van der Waals surface area contributed by atoms with E-state index in [1.165, 1.54) is 0 Å². The predicted molar refractivity (Wildman–Crippen MR) is 68.3 cm³/mol. The molecule has 88 valence electrons. The topological polar surface area (TPSA) is 25.8 Å². The molecule has 0 radical (unpaired) electrons. The molecule has 1 aromatic carbocycles. The van der Waals surface area contributed by atoms with Crippen molar-refractivity contribution in [3.63, 3.8) is 0 Å². The van der Waals surface area contributed by atoms with Gasteiger partial charge in [-0.05, 0) is 31.1 Å². The molecule has 2 N–H and O–H groups in total. The van der Waals surface area contributed by atoms with Crippen LogP contribution >= 0.6 is 11.6 Å². The molecule has 16 heavy (non-hydrogen) atoms. The van der Waals surface area contributed by atoms with Crippen LogP contribution in [-0.4, -0.2) is 19.7 Å². The highest BCUT2D eigenvalue weighted by atomic mass is 35.5. The molecule has 0 aliphatic carbocycles. The first kappa shape index (κ1) is 13.1. The van der Waals surface area contributed by atoms with Crippen LogP contribution in [0.15, 0.2) is 24.8 Å². The average molecular weight is 241 g/mol. The minimum Gasteiger partial charge on any atom is -0.486 e. The van der Waals surface area contributed by atoms with Gasteiger partial charge in [-0.3, -0.25) is 0 Å². The zero-order valence-electron chi connectivity index (χ0n) is 9.92. The smallest absolute Gasteiger partial charge is 0.141 e. The van der Waals surface area contributed by atoms with E-state index in [1.807, 2.05) is 32.1 Å². The van der Waals surface area contributed by atoms with Crippen LogP contribution in [0.1, 0.15) is 11.1 Å². The molecule has 0 spiro atoms. The van der Waals surface area contributed by atoms with E-state index in [0.717, 1.165) is 35.0 Å². The van der Waals surface area contributed by atoms with Crippen molar-refractivity contribution in [2.45, 2.75) is 13.8 Å². The lowest BCUT2D eigenvalue weighted by Gasteiger charge is -2.11. The Bertz CT molecular complexity index is 363. The number of ether oxygens (including phenoxy) is 1. The molecule has 2 nitrogen and oxygen atoms in total. The van der Waals surface area contributed by atoms with Gasteiger partial charge in [-0.2, -0.15) is 0 Å². The minimum atomic E-state index is 0.665. The van der Waals surface area contributed by atoms with Crippen molar-refractivity contribution in [3.8, 4) is 5.75 Å². The highest BCUT2D eigenvalue weighted by Crippen LogP contribution is 2.31. The number of benzene rings is 1. The second-order valence-corrected chi connectivity index (χ2v) is 4.17. The van der Waals surface area contributed by atoms with Gasteiger partial charge in [0.1, 0.15) is 18.9 Å². The van der Waals surface area contributed by atoms with Gasteiger partial charge in [0.25, 0.3) is 0 Å². The fraction of sp³-hybridized carbons (Fsp3) is 0.385. The van der Waals surface area contributed by atoms with E-state index in [1.54, 1.807) is 0 Å². The molecule has 0 fully saturated rings. The van der Waals surface area contributed by atoms with Gasteiger partial charge >= 0.3 is 0 Å². The van der Waals surface area contributed by atoms with Crippen LogP contribution in [0.3, 0.4) is 0 Å². The molecule has 3 heteroatoms. The Kier molecular flexibility index (Phi) is 5.36. The zero-order valence-corrected chi connectivity index (χ0v) is 10.7. The molecule has 0 saturated heterocycles. The van der Waals surface area contributed by atoms with Crippen molar-refractivity contribution in [1.82, 2.24) is 0 Å². The summed E-state index contributed by atoms with van der Waals surface area (Å²) in [7, 11) is 0. The van der Waals surface area contributed by atoms with E-state index in [4.69, 9.17) is 16.3 Å². The van der Waals surface area contributed by atoms with Gasteiger partial charge in [-0.1, -0.05) is 30.3 Å². The third-order valence-corrected chi connectivity index (χ3v) is 2.86. The predicted octanol–water partition coefficient (Wildman–Crippen LogP) is 2.09. The Labute approximate surface area is 102 Å². The molecule has 1 rings (SSSR count). The van der Waals surface area contributed by atoms with Crippen LogP contribution in [0.4, 0.5) is 0 Å². The second kappa shape index (κ2) is 6.56. The molecular weight excluding hydrogens is 222 g/mol. The fourth-order valence-electron chi connectivity index (χ4n) is 1.41. The Morgan fingerprint density at radius 2 is 2.06 bits per heavy atom. The van der Waals surface area contributed by atoms with Crippen molar-refractivity contribution in [3.05, 3.63) is 40.9 Å². The van der Waals surface area contributed by atoms with Crippen LogP contribution in [0.2, 0.25) is 5.02 Å². The normalized spacial score (nSPS) is 10.2. The maximum atomic E-state index is 6.19. The summed E-state index contributed by atoms with van der Waals surface area (Å²) in [5, 5.41) is 2.87. The van der Waals surface area contributed by atoms with E-state index < -0.39 is 0 Å². The fourth-order valence-corrected chi connectivity index (χ4v) is 1.67. The Hall–Kier alpha value is -0.990. The maximum Gasteiger partial charge on any atom is 0.141 e. The van der Waals surface area contributed by atoms with Gasteiger partial charge in [0.15, 0.2) is 0 Å². The number of hydrogen-bond acceptors (Lipinski definition) is 1. The van der Waals surface area contributed by atoms with Crippen LogP contribution in [-0.2, 0) is 0 Å². The molecule has 0 unspecified atom stereocenters. The average Bonchev–Trinajstić information content (AvgIpc) is 2.28.